The van der Waals surface area contributed by atoms with Crippen LogP contribution in [0.15, 0.2) is 24.3 Å². The minimum absolute atomic E-state index is 0.224. The van der Waals surface area contributed by atoms with Crippen LogP contribution < -0.4 is 19.3 Å². The van der Waals surface area contributed by atoms with E-state index in [4.69, 9.17) is 9.47 Å². The number of para-hydroxylation sites is 2. The van der Waals surface area contributed by atoms with Crippen molar-refractivity contribution < 1.29 is 19.3 Å². The van der Waals surface area contributed by atoms with Crippen molar-refractivity contribution in [1.82, 2.24) is 0 Å². The maximum absolute atomic E-state index is 5.95. The average Bonchev–Trinajstić information content (AvgIpc) is 2.54. The first-order valence-electron chi connectivity index (χ1n) is 8.72. The van der Waals surface area contributed by atoms with Gasteiger partial charge in [-0.25, -0.2) is 0 Å². The molecule has 0 saturated carbocycles. The van der Waals surface area contributed by atoms with E-state index in [1.165, 1.54) is 32.7 Å². The fraction of sp³-hybridized carbons (Fsp3) is 0.667. The summed E-state index contributed by atoms with van der Waals surface area (Å²) in [5.41, 5.74) is 0. The van der Waals surface area contributed by atoms with Crippen LogP contribution in [0, 0.1) is 0 Å². The third-order valence-electron chi connectivity index (χ3n) is 4.50. The highest BCUT2D eigenvalue weighted by atomic mass is 16.5. The highest BCUT2D eigenvalue weighted by Gasteiger charge is 2.19. The van der Waals surface area contributed by atoms with Gasteiger partial charge in [-0.1, -0.05) is 19.1 Å². The Morgan fingerprint density at radius 2 is 1.77 bits per heavy atom. The minimum Gasteiger partial charge on any atom is -0.489 e. The number of nitrogens with one attached hydrogen (secondary N) is 2. The molecule has 0 unspecified atom stereocenters. The Morgan fingerprint density at radius 3 is 2.45 bits per heavy atom. The zero-order chi connectivity index (χ0) is 15.8. The van der Waals surface area contributed by atoms with Gasteiger partial charge in [0, 0.05) is 6.42 Å². The Morgan fingerprint density at radius 1 is 1.09 bits per heavy atom. The largest absolute Gasteiger partial charge is 0.489 e. The van der Waals surface area contributed by atoms with Gasteiger partial charge in [-0.05, 0) is 25.5 Å². The third-order valence-corrected chi connectivity index (χ3v) is 4.50. The first kappa shape index (κ1) is 17.1. The van der Waals surface area contributed by atoms with Gasteiger partial charge in [0.05, 0.1) is 26.3 Å². The molecule has 0 amide bonds. The quantitative estimate of drug-likeness (QED) is 0.664. The lowest BCUT2D eigenvalue weighted by Crippen LogP contribution is -3.27. The topological polar surface area (TPSA) is 27.3 Å². The third kappa shape index (κ3) is 5.50. The molecule has 1 aliphatic rings. The van der Waals surface area contributed by atoms with E-state index in [0.29, 0.717) is 0 Å². The van der Waals surface area contributed by atoms with Crippen molar-refractivity contribution >= 4 is 0 Å². The summed E-state index contributed by atoms with van der Waals surface area (Å²) in [7, 11) is 2.29. The van der Waals surface area contributed by atoms with Gasteiger partial charge in [-0.3, -0.25) is 0 Å². The summed E-state index contributed by atoms with van der Waals surface area (Å²) in [5.74, 6) is 1.74. The smallest absolute Gasteiger partial charge is 0.161 e. The Labute approximate surface area is 135 Å². The molecule has 1 aromatic carbocycles. The molecule has 2 rings (SSSR count). The number of benzene rings is 1. The molecule has 1 atom stereocenters. The number of hydrogen-bond acceptors (Lipinski definition) is 2. The Bertz CT molecular complexity index is 431. The zero-order valence-electron chi connectivity index (χ0n) is 14.4. The number of quaternary nitrogens is 2. The van der Waals surface area contributed by atoms with E-state index in [9.17, 15) is 0 Å². The molecular weight excluding hydrogens is 276 g/mol. The van der Waals surface area contributed by atoms with E-state index < -0.39 is 0 Å². The second kappa shape index (κ2) is 9.01. The van der Waals surface area contributed by atoms with Crippen LogP contribution in [0.2, 0.25) is 0 Å². The second-order valence-electron chi connectivity index (χ2n) is 6.44. The summed E-state index contributed by atoms with van der Waals surface area (Å²) in [6.45, 7) is 11.4. The van der Waals surface area contributed by atoms with Crippen LogP contribution in [0.4, 0.5) is 0 Å². The lowest BCUT2D eigenvalue weighted by molar-refractivity contribution is -1.00. The SMILES string of the molecule is CC[C@@H](C)Oc1ccccc1OCCC[NH+]1CC[NH+](C)CC1. The van der Waals surface area contributed by atoms with Gasteiger partial charge in [0.25, 0.3) is 0 Å². The van der Waals surface area contributed by atoms with Gasteiger partial charge in [-0.2, -0.15) is 0 Å². The number of ether oxygens (including phenoxy) is 2. The molecule has 1 fully saturated rings. The predicted octanol–water partition coefficient (Wildman–Crippen LogP) is 0.0460. The van der Waals surface area contributed by atoms with Crippen LogP contribution in [0.3, 0.4) is 0 Å². The normalized spacial score (nSPS) is 23.0. The summed E-state index contributed by atoms with van der Waals surface area (Å²) >= 11 is 0. The summed E-state index contributed by atoms with van der Waals surface area (Å²) in [6.07, 6.45) is 2.33. The van der Waals surface area contributed by atoms with Gasteiger partial charge in [0.2, 0.25) is 0 Å². The van der Waals surface area contributed by atoms with Crippen molar-refractivity contribution in [3.8, 4) is 11.5 Å². The molecule has 22 heavy (non-hydrogen) atoms. The average molecular weight is 308 g/mol. The van der Waals surface area contributed by atoms with Crippen molar-refractivity contribution in [3.05, 3.63) is 24.3 Å². The maximum atomic E-state index is 5.95. The Hall–Kier alpha value is -1.26. The van der Waals surface area contributed by atoms with E-state index in [-0.39, 0.29) is 6.10 Å². The molecule has 124 valence electrons. The van der Waals surface area contributed by atoms with Crippen molar-refractivity contribution in [2.75, 3.05) is 46.4 Å². The molecule has 0 radical (unpaired) electrons. The van der Waals surface area contributed by atoms with E-state index in [1.807, 2.05) is 24.3 Å². The first-order chi connectivity index (χ1) is 10.7. The van der Waals surface area contributed by atoms with Crippen LogP contribution in [0.5, 0.6) is 11.5 Å². The van der Waals surface area contributed by atoms with E-state index >= 15 is 0 Å². The van der Waals surface area contributed by atoms with Crippen molar-refractivity contribution in [1.29, 1.82) is 0 Å². The van der Waals surface area contributed by atoms with Crippen molar-refractivity contribution in [3.63, 3.8) is 0 Å². The van der Waals surface area contributed by atoms with E-state index in [1.54, 1.807) is 9.80 Å². The number of piperazine rings is 1. The number of hydrogen-bond donors (Lipinski definition) is 2. The van der Waals surface area contributed by atoms with E-state index in [2.05, 4.69) is 20.9 Å². The van der Waals surface area contributed by atoms with Gasteiger partial charge in [0.15, 0.2) is 11.5 Å². The van der Waals surface area contributed by atoms with Crippen LogP contribution >= 0.6 is 0 Å². The van der Waals surface area contributed by atoms with Crippen LogP contribution in [0.25, 0.3) is 0 Å². The fourth-order valence-corrected chi connectivity index (χ4v) is 2.75. The first-order valence-corrected chi connectivity index (χ1v) is 8.72. The molecule has 1 aromatic rings. The predicted molar refractivity (Wildman–Crippen MR) is 89.1 cm³/mol. The molecule has 1 heterocycles. The van der Waals surface area contributed by atoms with Crippen LogP contribution in [-0.2, 0) is 0 Å². The van der Waals surface area contributed by atoms with Crippen LogP contribution in [-0.4, -0.2) is 52.5 Å². The van der Waals surface area contributed by atoms with Gasteiger partial charge >= 0.3 is 0 Å². The second-order valence-corrected chi connectivity index (χ2v) is 6.44. The Kier molecular flexibility index (Phi) is 7.00. The highest BCUT2D eigenvalue weighted by Crippen LogP contribution is 2.27. The molecule has 4 heteroatoms. The fourth-order valence-electron chi connectivity index (χ4n) is 2.75. The minimum atomic E-state index is 0.224. The van der Waals surface area contributed by atoms with Crippen molar-refractivity contribution in [2.24, 2.45) is 0 Å². The molecule has 2 N–H and O–H groups in total. The molecule has 1 aliphatic heterocycles. The number of likely N-dealkylation sites (N-methyl/N-ethyl adjacent to an activating group) is 1. The monoisotopic (exact) mass is 308 g/mol. The Balaban J connectivity index is 1.72. The molecule has 0 spiro atoms. The molecule has 0 aromatic heterocycles. The van der Waals surface area contributed by atoms with Gasteiger partial charge in [0.1, 0.15) is 26.2 Å². The van der Waals surface area contributed by atoms with Gasteiger partial charge < -0.3 is 19.3 Å². The summed E-state index contributed by atoms with van der Waals surface area (Å²) in [4.78, 5) is 3.38. The van der Waals surface area contributed by atoms with E-state index in [0.717, 1.165) is 30.9 Å². The molecule has 0 bridgehead atoms. The molecular formula is C18H32N2O2+2. The lowest BCUT2D eigenvalue weighted by Gasteiger charge is -2.27. The van der Waals surface area contributed by atoms with Gasteiger partial charge in [-0.15, -0.1) is 0 Å². The summed E-state index contributed by atoms with van der Waals surface area (Å²) < 4.78 is 11.9. The molecule has 0 aliphatic carbocycles. The molecule has 1 saturated heterocycles. The maximum Gasteiger partial charge on any atom is 0.161 e. The lowest BCUT2D eigenvalue weighted by atomic mass is 10.3. The highest BCUT2D eigenvalue weighted by molar-refractivity contribution is 5.39. The van der Waals surface area contributed by atoms with Crippen molar-refractivity contribution in [2.45, 2.75) is 32.8 Å². The summed E-state index contributed by atoms with van der Waals surface area (Å²) in [6, 6.07) is 8.01. The molecule has 4 nitrogen and oxygen atoms in total. The summed E-state index contributed by atoms with van der Waals surface area (Å²) in [5, 5.41) is 0. The zero-order valence-corrected chi connectivity index (χ0v) is 14.4. The standard InChI is InChI=1S/C18H30N2O2/c1-4-16(2)22-18-9-6-5-8-17(18)21-15-7-10-20-13-11-19(3)12-14-20/h5-6,8-9,16H,4,7,10-15H2,1-3H3/p+2/t16-/m1/s1. The van der Waals surface area contributed by atoms with Crippen LogP contribution in [0.1, 0.15) is 26.7 Å². The number of rotatable bonds is 8.